The van der Waals surface area contributed by atoms with Crippen molar-refractivity contribution in [3.8, 4) is 0 Å². The molecule has 0 aromatic carbocycles. The smallest absolute Gasteiger partial charge is 0.409 e. The largest absolute Gasteiger partial charge is 0.450 e. The third kappa shape index (κ3) is 3.72. The molecule has 1 N–H and O–H groups in total. The van der Waals surface area contributed by atoms with Crippen LogP contribution in [0.3, 0.4) is 0 Å². The van der Waals surface area contributed by atoms with Crippen molar-refractivity contribution in [2.45, 2.75) is 57.5 Å². The van der Waals surface area contributed by atoms with Crippen LogP contribution in [0.15, 0.2) is 12.4 Å². The second-order valence-electron chi connectivity index (χ2n) is 8.45. The zero-order valence-corrected chi connectivity index (χ0v) is 16.3. The van der Waals surface area contributed by atoms with Crippen molar-refractivity contribution in [3.05, 3.63) is 18.2 Å². The first kappa shape index (κ1) is 18.7. The molecule has 7 nitrogen and oxygen atoms in total. The molecule has 3 fully saturated rings. The molecule has 1 saturated carbocycles. The Morgan fingerprint density at radius 2 is 2.11 bits per heavy atom. The van der Waals surface area contributed by atoms with Gasteiger partial charge in [0.2, 0.25) is 0 Å². The molecule has 27 heavy (non-hydrogen) atoms. The van der Waals surface area contributed by atoms with Gasteiger partial charge in [-0.25, -0.2) is 9.78 Å². The Balaban J connectivity index is 1.25. The third-order valence-corrected chi connectivity index (χ3v) is 6.80. The van der Waals surface area contributed by atoms with Crippen LogP contribution in [0, 0.1) is 5.41 Å². The summed E-state index contributed by atoms with van der Waals surface area (Å²) in [5, 5.41) is 9.21. The topological polar surface area (TPSA) is 70.8 Å². The SMILES string of the molecule is CCOC(=O)N1CCC2(CC(N3CCC(c4nccn4CCO)CC3)C2)C1. The minimum Gasteiger partial charge on any atom is -0.450 e. The van der Waals surface area contributed by atoms with E-state index in [1.54, 1.807) is 0 Å². The standard InChI is InChI=1S/C20H32N4O3/c1-2-27-19(26)24-9-5-20(15-24)13-17(14-20)22-7-3-16(4-8-22)18-21-6-10-23(18)11-12-25/h6,10,16-17,25H,2-5,7-9,11-15H2,1H3. The number of aliphatic hydroxyl groups is 1. The molecule has 1 spiro atoms. The molecule has 3 aliphatic rings. The number of hydrogen-bond donors (Lipinski definition) is 1. The van der Waals surface area contributed by atoms with Crippen molar-refractivity contribution in [1.82, 2.24) is 19.4 Å². The number of aromatic nitrogens is 2. The minimum absolute atomic E-state index is 0.142. The summed E-state index contributed by atoms with van der Waals surface area (Å²) in [6.45, 7) is 7.09. The Morgan fingerprint density at radius 3 is 2.81 bits per heavy atom. The lowest BCUT2D eigenvalue weighted by Crippen LogP contribution is -2.54. The number of imidazole rings is 1. The summed E-state index contributed by atoms with van der Waals surface area (Å²) >= 11 is 0. The fourth-order valence-electron chi connectivity index (χ4n) is 5.34. The molecular weight excluding hydrogens is 344 g/mol. The summed E-state index contributed by atoms with van der Waals surface area (Å²) < 4.78 is 7.26. The molecule has 0 bridgehead atoms. The van der Waals surface area contributed by atoms with Crippen LogP contribution in [-0.4, -0.2) is 76.0 Å². The highest BCUT2D eigenvalue weighted by Gasteiger charge is 2.51. The number of amides is 1. The van der Waals surface area contributed by atoms with E-state index >= 15 is 0 Å². The van der Waals surface area contributed by atoms with Gasteiger partial charge in [-0.15, -0.1) is 0 Å². The van der Waals surface area contributed by atoms with Crippen LogP contribution >= 0.6 is 0 Å². The molecule has 1 aliphatic carbocycles. The molecule has 1 aromatic rings. The van der Waals surface area contributed by atoms with Crippen molar-refractivity contribution in [2.75, 3.05) is 39.4 Å². The number of nitrogens with zero attached hydrogens (tertiary/aromatic N) is 4. The van der Waals surface area contributed by atoms with Gasteiger partial charge >= 0.3 is 6.09 Å². The molecular formula is C20H32N4O3. The van der Waals surface area contributed by atoms with Gasteiger partial charge in [-0.1, -0.05) is 0 Å². The van der Waals surface area contributed by atoms with Crippen molar-refractivity contribution in [1.29, 1.82) is 0 Å². The normalized spacial score (nSPS) is 29.3. The summed E-state index contributed by atoms with van der Waals surface area (Å²) in [6.07, 6.45) is 9.52. The average molecular weight is 377 g/mol. The molecule has 2 aliphatic heterocycles. The van der Waals surface area contributed by atoms with E-state index in [0.29, 0.717) is 30.5 Å². The fraction of sp³-hybridized carbons (Fsp3) is 0.800. The van der Waals surface area contributed by atoms with Crippen LogP contribution in [0.1, 0.15) is 50.8 Å². The number of piperidine rings is 1. The first-order valence-corrected chi connectivity index (χ1v) is 10.4. The van der Waals surface area contributed by atoms with E-state index in [1.165, 1.54) is 12.8 Å². The Hall–Kier alpha value is -1.60. The number of aliphatic hydroxyl groups excluding tert-OH is 1. The van der Waals surface area contributed by atoms with Crippen molar-refractivity contribution >= 4 is 6.09 Å². The van der Waals surface area contributed by atoms with E-state index in [0.717, 1.165) is 51.3 Å². The van der Waals surface area contributed by atoms with Crippen LogP contribution in [0.5, 0.6) is 0 Å². The molecule has 1 aromatic heterocycles. The maximum Gasteiger partial charge on any atom is 0.409 e. The van der Waals surface area contributed by atoms with Gasteiger partial charge in [0.05, 0.1) is 13.2 Å². The Labute approximate surface area is 161 Å². The van der Waals surface area contributed by atoms with Crippen LogP contribution in [0.25, 0.3) is 0 Å². The Morgan fingerprint density at radius 1 is 1.33 bits per heavy atom. The van der Waals surface area contributed by atoms with Crippen molar-refractivity contribution in [2.24, 2.45) is 5.41 Å². The summed E-state index contributed by atoms with van der Waals surface area (Å²) in [5.74, 6) is 1.64. The maximum absolute atomic E-state index is 11.9. The summed E-state index contributed by atoms with van der Waals surface area (Å²) in [4.78, 5) is 21.0. The molecule has 7 heteroatoms. The van der Waals surface area contributed by atoms with Gasteiger partial charge < -0.3 is 24.2 Å². The quantitative estimate of drug-likeness (QED) is 0.852. The van der Waals surface area contributed by atoms with Crippen LogP contribution in [-0.2, 0) is 11.3 Å². The second-order valence-corrected chi connectivity index (χ2v) is 8.45. The highest BCUT2D eigenvalue weighted by Crippen LogP contribution is 2.51. The summed E-state index contributed by atoms with van der Waals surface area (Å²) in [5.41, 5.74) is 0.339. The first-order valence-electron chi connectivity index (χ1n) is 10.4. The van der Waals surface area contributed by atoms with E-state index in [-0.39, 0.29) is 12.7 Å². The second kappa shape index (κ2) is 7.80. The zero-order chi connectivity index (χ0) is 18.9. The van der Waals surface area contributed by atoms with E-state index in [9.17, 15) is 9.90 Å². The molecule has 150 valence electrons. The first-order chi connectivity index (χ1) is 13.1. The predicted molar refractivity (Wildman–Crippen MR) is 102 cm³/mol. The third-order valence-electron chi connectivity index (χ3n) is 6.80. The highest BCUT2D eigenvalue weighted by atomic mass is 16.6. The molecule has 1 amide bonds. The number of carbonyl (C=O) groups is 1. The molecule has 3 heterocycles. The van der Waals surface area contributed by atoms with E-state index in [2.05, 4.69) is 14.5 Å². The van der Waals surface area contributed by atoms with Gasteiger partial charge in [0.25, 0.3) is 0 Å². The summed E-state index contributed by atoms with van der Waals surface area (Å²) in [7, 11) is 0. The molecule has 4 rings (SSSR count). The molecule has 0 unspecified atom stereocenters. The van der Waals surface area contributed by atoms with E-state index < -0.39 is 0 Å². The molecule has 0 radical (unpaired) electrons. The van der Waals surface area contributed by atoms with Gasteiger partial charge in [0.1, 0.15) is 5.82 Å². The van der Waals surface area contributed by atoms with Gasteiger partial charge in [-0.3, -0.25) is 0 Å². The predicted octanol–water partition coefficient (Wildman–Crippen LogP) is 2.07. The van der Waals surface area contributed by atoms with Crippen LogP contribution in [0.4, 0.5) is 4.79 Å². The van der Waals surface area contributed by atoms with E-state index in [4.69, 9.17) is 4.74 Å². The lowest BCUT2D eigenvalue weighted by Gasteiger charge is -2.51. The Bertz CT molecular complexity index is 647. The maximum atomic E-state index is 11.9. The lowest BCUT2D eigenvalue weighted by molar-refractivity contribution is -0.00523. The average Bonchev–Trinajstić information content (AvgIpc) is 3.29. The van der Waals surface area contributed by atoms with Crippen molar-refractivity contribution in [3.63, 3.8) is 0 Å². The van der Waals surface area contributed by atoms with Crippen LogP contribution < -0.4 is 0 Å². The number of rotatable bonds is 5. The van der Waals surface area contributed by atoms with Gasteiger partial charge in [-0.05, 0) is 57.5 Å². The number of carbonyl (C=O) groups excluding carboxylic acids is 1. The monoisotopic (exact) mass is 376 g/mol. The minimum atomic E-state index is -0.142. The summed E-state index contributed by atoms with van der Waals surface area (Å²) in [6, 6.07) is 0.672. The van der Waals surface area contributed by atoms with Gasteiger partial charge in [-0.2, -0.15) is 0 Å². The van der Waals surface area contributed by atoms with Crippen LogP contribution in [0.2, 0.25) is 0 Å². The van der Waals surface area contributed by atoms with Gasteiger partial charge in [0, 0.05) is 44.0 Å². The zero-order valence-electron chi connectivity index (χ0n) is 16.3. The number of ether oxygens (including phenoxy) is 1. The number of hydrogen-bond acceptors (Lipinski definition) is 5. The molecule has 0 atom stereocenters. The van der Waals surface area contributed by atoms with E-state index in [1.807, 2.05) is 24.2 Å². The van der Waals surface area contributed by atoms with Gasteiger partial charge in [0.15, 0.2) is 0 Å². The molecule has 2 saturated heterocycles. The number of likely N-dealkylation sites (tertiary alicyclic amines) is 2. The van der Waals surface area contributed by atoms with Crippen molar-refractivity contribution < 1.29 is 14.6 Å². The Kier molecular flexibility index (Phi) is 5.41. The lowest BCUT2D eigenvalue weighted by atomic mass is 9.64. The fourth-order valence-corrected chi connectivity index (χ4v) is 5.34. The highest BCUT2D eigenvalue weighted by molar-refractivity contribution is 5.68.